The van der Waals surface area contributed by atoms with Crippen LogP contribution in [0.15, 0.2) is 35.1 Å². The maximum atomic E-state index is 12.4. The predicted octanol–water partition coefficient (Wildman–Crippen LogP) is 2.58. The fourth-order valence-corrected chi connectivity index (χ4v) is 3.96. The molecule has 1 amide bonds. The molecule has 112 valence electrons. The molecule has 0 atom stereocenters. The molecule has 6 heteroatoms. The number of para-hydroxylation sites is 2. The van der Waals surface area contributed by atoms with Gasteiger partial charge in [-0.1, -0.05) is 36.3 Å². The Morgan fingerprint density at radius 1 is 1.27 bits per heavy atom. The molecule has 0 unspecified atom stereocenters. The van der Waals surface area contributed by atoms with Crippen LogP contribution in [0.2, 0.25) is 0 Å². The minimum atomic E-state index is -0.209. The molecule has 2 heterocycles. The first kappa shape index (κ1) is 13.5. The standard InChI is InChI=1S/C16H15N3O2S/c20-14-9-13(15(21)17-10-5-1-2-6-10)22-16-18-11-7-3-4-8-12(11)19(14)16/h3-4,7-10H,1-2,5-6H2,(H,17,21). The zero-order valence-corrected chi connectivity index (χ0v) is 12.7. The van der Waals surface area contributed by atoms with E-state index in [9.17, 15) is 9.59 Å². The molecule has 1 aliphatic rings. The maximum Gasteiger partial charge on any atom is 0.261 e. The van der Waals surface area contributed by atoms with Gasteiger partial charge in [0, 0.05) is 12.1 Å². The van der Waals surface area contributed by atoms with Gasteiger partial charge in [-0.25, -0.2) is 4.98 Å². The lowest BCUT2D eigenvalue weighted by atomic mass is 10.2. The Morgan fingerprint density at radius 2 is 2.05 bits per heavy atom. The van der Waals surface area contributed by atoms with Crippen molar-refractivity contribution in [2.45, 2.75) is 31.7 Å². The van der Waals surface area contributed by atoms with Crippen molar-refractivity contribution in [3.63, 3.8) is 0 Å². The van der Waals surface area contributed by atoms with Gasteiger partial charge in [-0.2, -0.15) is 0 Å². The van der Waals surface area contributed by atoms with Gasteiger partial charge in [-0.3, -0.25) is 14.0 Å². The molecule has 0 saturated heterocycles. The lowest BCUT2D eigenvalue weighted by Crippen LogP contribution is -2.32. The van der Waals surface area contributed by atoms with Crippen molar-refractivity contribution in [2.24, 2.45) is 0 Å². The number of carbonyl (C=O) groups is 1. The molecule has 1 fully saturated rings. The lowest BCUT2D eigenvalue weighted by Gasteiger charge is -2.11. The largest absolute Gasteiger partial charge is 0.349 e. The van der Waals surface area contributed by atoms with Crippen molar-refractivity contribution in [3.05, 3.63) is 45.6 Å². The third kappa shape index (κ3) is 2.20. The highest BCUT2D eigenvalue weighted by Crippen LogP contribution is 2.21. The predicted molar refractivity (Wildman–Crippen MR) is 86.6 cm³/mol. The van der Waals surface area contributed by atoms with E-state index in [0.29, 0.717) is 9.84 Å². The van der Waals surface area contributed by atoms with E-state index in [1.165, 1.54) is 17.4 Å². The Balaban J connectivity index is 1.77. The van der Waals surface area contributed by atoms with E-state index in [4.69, 9.17) is 0 Å². The van der Waals surface area contributed by atoms with E-state index < -0.39 is 0 Å². The average molecular weight is 313 g/mol. The van der Waals surface area contributed by atoms with Crippen molar-refractivity contribution in [2.75, 3.05) is 0 Å². The van der Waals surface area contributed by atoms with Gasteiger partial charge in [-0.15, -0.1) is 0 Å². The number of benzene rings is 1. The summed E-state index contributed by atoms with van der Waals surface area (Å²) in [4.78, 5) is 30.1. The molecule has 0 bridgehead atoms. The SMILES string of the molecule is O=C(NC1CCCC1)c1cc(=O)n2c(nc3ccccc32)s1. The van der Waals surface area contributed by atoms with Crippen molar-refractivity contribution in [1.29, 1.82) is 0 Å². The molecular weight excluding hydrogens is 298 g/mol. The van der Waals surface area contributed by atoms with E-state index >= 15 is 0 Å². The Morgan fingerprint density at radius 3 is 2.86 bits per heavy atom. The number of fused-ring (bicyclic) bond motifs is 3. The zero-order chi connectivity index (χ0) is 15.1. The summed E-state index contributed by atoms with van der Waals surface area (Å²) in [7, 11) is 0. The monoisotopic (exact) mass is 313 g/mol. The van der Waals surface area contributed by atoms with Gasteiger partial charge in [0.2, 0.25) is 0 Å². The topological polar surface area (TPSA) is 63.5 Å². The highest BCUT2D eigenvalue weighted by atomic mass is 32.1. The Hall–Kier alpha value is -2.21. The van der Waals surface area contributed by atoms with E-state index in [0.717, 1.165) is 36.7 Å². The minimum Gasteiger partial charge on any atom is -0.349 e. The van der Waals surface area contributed by atoms with Crippen LogP contribution < -0.4 is 10.9 Å². The number of nitrogens with zero attached hydrogens (tertiary/aromatic N) is 2. The first-order valence-electron chi connectivity index (χ1n) is 7.44. The van der Waals surface area contributed by atoms with Crippen molar-refractivity contribution in [3.8, 4) is 0 Å². The Labute approximate surface area is 130 Å². The average Bonchev–Trinajstić information content (AvgIpc) is 3.13. The summed E-state index contributed by atoms with van der Waals surface area (Å²) in [5, 5.41) is 3.02. The molecule has 0 spiro atoms. The van der Waals surface area contributed by atoms with Crippen LogP contribution in [0.5, 0.6) is 0 Å². The summed E-state index contributed by atoms with van der Waals surface area (Å²) in [6.45, 7) is 0. The van der Waals surface area contributed by atoms with Gasteiger partial charge in [0.1, 0.15) is 4.88 Å². The summed E-state index contributed by atoms with van der Waals surface area (Å²) in [6, 6.07) is 9.15. The summed E-state index contributed by atoms with van der Waals surface area (Å²) < 4.78 is 1.56. The minimum absolute atomic E-state index is 0.163. The molecule has 22 heavy (non-hydrogen) atoms. The summed E-state index contributed by atoms with van der Waals surface area (Å²) in [6.07, 6.45) is 4.37. The second kappa shape index (κ2) is 5.21. The first-order chi connectivity index (χ1) is 10.7. The normalized spacial score (nSPS) is 15.6. The molecule has 0 radical (unpaired) electrons. The second-order valence-electron chi connectivity index (χ2n) is 5.62. The summed E-state index contributed by atoms with van der Waals surface area (Å²) in [5.41, 5.74) is 1.34. The first-order valence-corrected chi connectivity index (χ1v) is 8.26. The molecule has 1 N–H and O–H groups in total. The molecule has 1 saturated carbocycles. The van der Waals surface area contributed by atoms with Crippen molar-refractivity contribution in [1.82, 2.24) is 14.7 Å². The van der Waals surface area contributed by atoms with E-state index in [1.807, 2.05) is 24.3 Å². The fourth-order valence-electron chi connectivity index (χ4n) is 3.03. The van der Waals surface area contributed by atoms with Crippen molar-refractivity contribution >= 4 is 33.2 Å². The third-order valence-corrected chi connectivity index (χ3v) is 5.10. The number of carbonyl (C=O) groups excluding carboxylic acids is 1. The molecule has 1 aliphatic carbocycles. The van der Waals surface area contributed by atoms with E-state index in [2.05, 4.69) is 10.3 Å². The third-order valence-electron chi connectivity index (χ3n) is 4.12. The molecule has 4 rings (SSSR count). The zero-order valence-electron chi connectivity index (χ0n) is 11.9. The van der Waals surface area contributed by atoms with Crippen LogP contribution in [-0.2, 0) is 0 Å². The van der Waals surface area contributed by atoms with Crippen LogP contribution in [0.1, 0.15) is 35.4 Å². The van der Waals surface area contributed by atoms with Gasteiger partial charge in [-0.05, 0) is 25.0 Å². The van der Waals surface area contributed by atoms with Gasteiger partial charge >= 0.3 is 0 Å². The lowest BCUT2D eigenvalue weighted by molar-refractivity contribution is 0.0941. The molecule has 5 nitrogen and oxygen atoms in total. The molecular formula is C16H15N3O2S. The molecule has 0 aliphatic heterocycles. The van der Waals surface area contributed by atoms with Crippen LogP contribution in [0.4, 0.5) is 0 Å². The van der Waals surface area contributed by atoms with E-state index in [-0.39, 0.29) is 17.5 Å². The Bertz CT molecular complexity index is 922. The number of hydrogen-bond donors (Lipinski definition) is 1. The van der Waals surface area contributed by atoms with Gasteiger partial charge < -0.3 is 5.32 Å². The number of rotatable bonds is 2. The van der Waals surface area contributed by atoms with Gasteiger partial charge in [0.05, 0.1) is 11.0 Å². The summed E-state index contributed by atoms with van der Waals surface area (Å²) in [5.74, 6) is -0.163. The molecule has 3 aromatic rings. The van der Waals surface area contributed by atoms with Crippen LogP contribution in [0.25, 0.3) is 16.0 Å². The molecule has 1 aromatic carbocycles. The van der Waals surface area contributed by atoms with Gasteiger partial charge in [0.15, 0.2) is 4.96 Å². The number of aromatic nitrogens is 2. The van der Waals surface area contributed by atoms with E-state index in [1.54, 1.807) is 4.40 Å². The fraction of sp³-hybridized carbons (Fsp3) is 0.312. The van der Waals surface area contributed by atoms with Crippen molar-refractivity contribution < 1.29 is 4.79 Å². The number of imidazole rings is 1. The Kier molecular flexibility index (Phi) is 3.18. The van der Waals surface area contributed by atoms with Crippen LogP contribution >= 0.6 is 11.3 Å². The highest BCUT2D eigenvalue weighted by molar-refractivity contribution is 7.18. The van der Waals surface area contributed by atoms with Crippen LogP contribution in [0.3, 0.4) is 0 Å². The maximum absolute atomic E-state index is 12.4. The number of amides is 1. The molecule has 2 aromatic heterocycles. The highest BCUT2D eigenvalue weighted by Gasteiger charge is 2.20. The van der Waals surface area contributed by atoms with Crippen LogP contribution in [0, 0.1) is 0 Å². The number of hydrogen-bond acceptors (Lipinski definition) is 4. The second-order valence-corrected chi connectivity index (χ2v) is 6.63. The summed E-state index contributed by atoms with van der Waals surface area (Å²) >= 11 is 1.26. The van der Waals surface area contributed by atoms with Gasteiger partial charge in [0.25, 0.3) is 11.5 Å². The smallest absolute Gasteiger partial charge is 0.261 e. The van der Waals surface area contributed by atoms with Crippen LogP contribution in [-0.4, -0.2) is 21.3 Å². The number of nitrogens with one attached hydrogen (secondary N) is 1. The quantitative estimate of drug-likeness (QED) is 0.791.